The van der Waals surface area contributed by atoms with Crippen LogP contribution in [-0.2, 0) is 6.42 Å². The quantitative estimate of drug-likeness (QED) is 0.548. The van der Waals surface area contributed by atoms with E-state index in [2.05, 4.69) is 42.2 Å². The lowest BCUT2D eigenvalue weighted by Gasteiger charge is -2.38. The minimum atomic E-state index is -0.292. The number of aryl methyl sites for hydroxylation is 1. The second kappa shape index (κ2) is 11.2. The molecule has 0 aromatic heterocycles. The molecular weight excluding hydrogens is 362 g/mol. The van der Waals surface area contributed by atoms with Gasteiger partial charge in [0.25, 0.3) is 0 Å². The molecule has 1 heterocycles. The summed E-state index contributed by atoms with van der Waals surface area (Å²) in [6, 6.07) is 16.3. The number of likely N-dealkylation sites (tertiary alicyclic amines) is 1. The Kier molecular flexibility index (Phi) is 8.38. The first-order valence-corrected chi connectivity index (χ1v) is 11.1. The fraction of sp³-hybridized carbons (Fsp3) is 0.520. The van der Waals surface area contributed by atoms with Gasteiger partial charge in [0, 0.05) is 24.2 Å². The summed E-state index contributed by atoms with van der Waals surface area (Å²) in [6.07, 6.45) is 6.67. The van der Waals surface area contributed by atoms with Gasteiger partial charge in [0.2, 0.25) is 0 Å². The van der Waals surface area contributed by atoms with Crippen LogP contribution < -0.4 is 4.74 Å². The first-order valence-electron chi connectivity index (χ1n) is 11.1. The van der Waals surface area contributed by atoms with Gasteiger partial charge in [-0.25, -0.2) is 0 Å². The summed E-state index contributed by atoms with van der Waals surface area (Å²) >= 11 is 0. The van der Waals surface area contributed by atoms with Gasteiger partial charge in [-0.15, -0.1) is 0 Å². The number of nitrogens with zero attached hydrogens (tertiary/aromatic N) is 1. The summed E-state index contributed by atoms with van der Waals surface area (Å²) in [5.74, 6) is 0.986. The summed E-state index contributed by atoms with van der Waals surface area (Å²) in [6.45, 7) is 4.69. The SMILES string of the molecule is CCCN1CCC(O)CC1c1ccc(OCCCCCc2ccccc2)cc1O. The summed E-state index contributed by atoms with van der Waals surface area (Å²) < 4.78 is 5.85. The van der Waals surface area contributed by atoms with Gasteiger partial charge >= 0.3 is 0 Å². The zero-order valence-corrected chi connectivity index (χ0v) is 17.6. The van der Waals surface area contributed by atoms with Crippen LogP contribution in [0.25, 0.3) is 0 Å². The average molecular weight is 398 g/mol. The number of aromatic hydroxyl groups is 1. The van der Waals surface area contributed by atoms with Crippen LogP contribution >= 0.6 is 0 Å². The van der Waals surface area contributed by atoms with Gasteiger partial charge in [0.15, 0.2) is 0 Å². The third kappa shape index (κ3) is 6.48. The lowest BCUT2D eigenvalue weighted by molar-refractivity contribution is 0.0400. The molecular formula is C25H35NO3. The zero-order chi connectivity index (χ0) is 20.5. The molecule has 1 aliphatic heterocycles. The molecule has 0 bridgehead atoms. The number of unbranched alkanes of at least 4 members (excludes halogenated alkanes) is 2. The first kappa shape index (κ1) is 21.7. The summed E-state index contributed by atoms with van der Waals surface area (Å²) in [5, 5.41) is 20.7. The van der Waals surface area contributed by atoms with E-state index in [0.29, 0.717) is 18.8 Å². The van der Waals surface area contributed by atoms with Gasteiger partial charge in [0.05, 0.1) is 12.7 Å². The van der Waals surface area contributed by atoms with Crippen molar-refractivity contribution in [1.29, 1.82) is 0 Å². The van der Waals surface area contributed by atoms with Crippen molar-refractivity contribution < 1.29 is 14.9 Å². The number of aliphatic hydroxyl groups is 1. The Morgan fingerprint density at radius 3 is 2.66 bits per heavy atom. The number of hydrogen-bond acceptors (Lipinski definition) is 4. The maximum atomic E-state index is 10.6. The van der Waals surface area contributed by atoms with Gasteiger partial charge in [-0.3, -0.25) is 4.90 Å². The van der Waals surface area contributed by atoms with E-state index < -0.39 is 0 Å². The number of phenols is 1. The molecule has 4 heteroatoms. The average Bonchev–Trinajstić information content (AvgIpc) is 2.73. The Labute approximate surface area is 175 Å². The van der Waals surface area contributed by atoms with Crippen LogP contribution in [0.1, 0.15) is 62.6 Å². The highest BCUT2D eigenvalue weighted by atomic mass is 16.5. The van der Waals surface area contributed by atoms with E-state index in [0.717, 1.165) is 57.2 Å². The molecule has 0 radical (unpaired) electrons. The molecule has 0 saturated carbocycles. The second-order valence-electron chi connectivity index (χ2n) is 8.10. The normalized spacial score (nSPS) is 19.9. The fourth-order valence-corrected chi connectivity index (χ4v) is 4.21. The van der Waals surface area contributed by atoms with Crippen molar-refractivity contribution in [1.82, 2.24) is 4.90 Å². The molecule has 0 aliphatic carbocycles. The Bertz CT molecular complexity index is 734. The number of rotatable bonds is 10. The minimum absolute atomic E-state index is 0.0748. The monoisotopic (exact) mass is 397 g/mol. The largest absolute Gasteiger partial charge is 0.507 e. The maximum Gasteiger partial charge on any atom is 0.124 e. The lowest BCUT2D eigenvalue weighted by atomic mass is 9.92. The molecule has 4 nitrogen and oxygen atoms in total. The Morgan fingerprint density at radius 1 is 1.07 bits per heavy atom. The van der Waals surface area contributed by atoms with Crippen molar-refractivity contribution in [2.45, 2.75) is 64.0 Å². The number of piperidine rings is 1. The van der Waals surface area contributed by atoms with Crippen molar-refractivity contribution in [3.05, 3.63) is 59.7 Å². The van der Waals surface area contributed by atoms with Crippen LogP contribution in [0.3, 0.4) is 0 Å². The van der Waals surface area contributed by atoms with E-state index in [9.17, 15) is 10.2 Å². The molecule has 158 valence electrons. The molecule has 1 saturated heterocycles. The highest BCUT2D eigenvalue weighted by molar-refractivity contribution is 5.41. The van der Waals surface area contributed by atoms with Gasteiger partial charge < -0.3 is 14.9 Å². The van der Waals surface area contributed by atoms with Crippen molar-refractivity contribution in [3.8, 4) is 11.5 Å². The van der Waals surface area contributed by atoms with Gasteiger partial charge in [0.1, 0.15) is 11.5 Å². The molecule has 3 rings (SSSR count). The molecule has 0 spiro atoms. The predicted molar refractivity (Wildman–Crippen MR) is 117 cm³/mol. The molecule has 2 atom stereocenters. The Morgan fingerprint density at radius 2 is 1.90 bits per heavy atom. The first-order chi connectivity index (χ1) is 14.2. The highest BCUT2D eigenvalue weighted by Gasteiger charge is 2.29. The van der Waals surface area contributed by atoms with Crippen molar-refractivity contribution in [2.75, 3.05) is 19.7 Å². The van der Waals surface area contributed by atoms with E-state index in [4.69, 9.17) is 4.74 Å². The van der Waals surface area contributed by atoms with E-state index in [1.165, 1.54) is 5.56 Å². The molecule has 1 aliphatic rings. The Hall–Kier alpha value is -2.04. The van der Waals surface area contributed by atoms with E-state index in [1.807, 2.05) is 12.1 Å². The number of aliphatic hydroxyl groups excluding tert-OH is 1. The van der Waals surface area contributed by atoms with Gasteiger partial charge in [-0.05, 0) is 63.1 Å². The molecule has 29 heavy (non-hydrogen) atoms. The zero-order valence-electron chi connectivity index (χ0n) is 17.6. The maximum absolute atomic E-state index is 10.6. The third-order valence-corrected chi connectivity index (χ3v) is 5.78. The molecule has 2 unspecified atom stereocenters. The molecule has 2 N–H and O–H groups in total. The van der Waals surface area contributed by atoms with Crippen molar-refractivity contribution >= 4 is 0 Å². The van der Waals surface area contributed by atoms with Crippen LogP contribution in [0.5, 0.6) is 11.5 Å². The Balaban J connectivity index is 1.46. The van der Waals surface area contributed by atoms with E-state index >= 15 is 0 Å². The standard InChI is InChI=1S/C25H35NO3/c1-2-15-26-16-14-21(27)18-24(26)23-13-12-22(19-25(23)28)29-17-8-4-7-11-20-9-5-3-6-10-20/h3,5-6,9-10,12-13,19,21,24,27-28H,2,4,7-8,11,14-18H2,1H3. The number of hydrogen-bond donors (Lipinski definition) is 2. The number of ether oxygens (including phenoxy) is 1. The van der Waals surface area contributed by atoms with E-state index in [-0.39, 0.29) is 17.9 Å². The molecule has 0 amide bonds. The summed E-state index contributed by atoms with van der Waals surface area (Å²) in [5.41, 5.74) is 2.28. The fourth-order valence-electron chi connectivity index (χ4n) is 4.21. The number of benzene rings is 2. The summed E-state index contributed by atoms with van der Waals surface area (Å²) in [4.78, 5) is 2.37. The topological polar surface area (TPSA) is 52.9 Å². The number of phenolic OH excluding ortho intramolecular Hbond substituents is 1. The predicted octanol–water partition coefficient (Wildman–Crippen LogP) is 5.09. The van der Waals surface area contributed by atoms with Crippen LogP contribution in [0, 0.1) is 0 Å². The van der Waals surface area contributed by atoms with Crippen LogP contribution in [0.2, 0.25) is 0 Å². The van der Waals surface area contributed by atoms with Crippen molar-refractivity contribution in [2.24, 2.45) is 0 Å². The highest BCUT2D eigenvalue weighted by Crippen LogP contribution is 2.37. The van der Waals surface area contributed by atoms with E-state index in [1.54, 1.807) is 6.07 Å². The smallest absolute Gasteiger partial charge is 0.124 e. The summed E-state index contributed by atoms with van der Waals surface area (Å²) in [7, 11) is 0. The molecule has 2 aromatic rings. The van der Waals surface area contributed by atoms with Crippen LogP contribution in [0.15, 0.2) is 48.5 Å². The second-order valence-corrected chi connectivity index (χ2v) is 8.10. The van der Waals surface area contributed by atoms with Gasteiger partial charge in [-0.2, -0.15) is 0 Å². The van der Waals surface area contributed by atoms with Crippen LogP contribution in [0.4, 0.5) is 0 Å². The third-order valence-electron chi connectivity index (χ3n) is 5.78. The minimum Gasteiger partial charge on any atom is -0.507 e. The van der Waals surface area contributed by atoms with Gasteiger partial charge in [-0.1, -0.05) is 43.3 Å². The lowest BCUT2D eigenvalue weighted by Crippen LogP contribution is -2.39. The van der Waals surface area contributed by atoms with Crippen LogP contribution in [-0.4, -0.2) is 40.9 Å². The molecule has 2 aromatic carbocycles. The van der Waals surface area contributed by atoms with Crippen molar-refractivity contribution in [3.63, 3.8) is 0 Å². The molecule has 1 fully saturated rings.